The summed E-state index contributed by atoms with van der Waals surface area (Å²) in [6.45, 7) is 2.00. The van der Waals surface area contributed by atoms with Gasteiger partial charge in [-0.15, -0.1) is 0 Å². The van der Waals surface area contributed by atoms with Crippen molar-refractivity contribution in [1.82, 2.24) is 15.5 Å². The van der Waals surface area contributed by atoms with Gasteiger partial charge in [0, 0.05) is 24.2 Å². The van der Waals surface area contributed by atoms with Gasteiger partial charge in [-0.3, -0.25) is 19.2 Å². The minimum Gasteiger partial charge on any atom is -0.478 e. The molecule has 0 bridgehead atoms. The van der Waals surface area contributed by atoms with Crippen molar-refractivity contribution in [2.75, 3.05) is 13.1 Å². The summed E-state index contributed by atoms with van der Waals surface area (Å²) in [7, 11) is 0. The van der Waals surface area contributed by atoms with Gasteiger partial charge in [-0.05, 0) is 43.5 Å². The number of amides is 4. The number of fused-ring (bicyclic) bond motifs is 1. The maximum atomic E-state index is 13.0. The summed E-state index contributed by atoms with van der Waals surface area (Å²) in [5, 5.41) is 26.3. The van der Waals surface area contributed by atoms with Crippen LogP contribution in [0.15, 0.2) is 58.7 Å². The molecule has 0 radical (unpaired) electrons. The fourth-order valence-corrected chi connectivity index (χ4v) is 4.86. The lowest BCUT2D eigenvalue weighted by Gasteiger charge is -2.34. The first-order chi connectivity index (χ1) is 20.5. The number of hydrogen-bond acceptors (Lipinski definition) is 9. The van der Waals surface area contributed by atoms with Crippen LogP contribution in [0.3, 0.4) is 0 Å². The lowest BCUT2D eigenvalue weighted by atomic mass is 9.95. The van der Waals surface area contributed by atoms with Gasteiger partial charge in [0.05, 0.1) is 11.8 Å². The van der Waals surface area contributed by atoms with E-state index >= 15 is 0 Å². The fourth-order valence-electron chi connectivity index (χ4n) is 4.86. The van der Waals surface area contributed by atoms with Crippen LogP contribution in [-0.2, 0) is 23.9 Å². The second kappa shape index (κ2) is 13.1. The van der Waals surface area contributed by atoms with Crippen molar-refractivity contribution in [1.29, 1.82) is 0 Å². The minimum atomic E-state index is -1.73. The Morgan fingerprint density at radius 1 is 0.977 bits per heavy atom. The molecule has 15 nitrogen and oxygen atoms in total. The van der Waals surface area contributed by atoms with Gasteiger partial charge in [0.2, 0.25) is 18.0 Å². The number of piperidine rings is 1. The van der Waals surface area contributed by atoms with Gasteiger partial charge in [0.1, 0.15) is 17.7 Å². The highest BCUT2D eigenvalue weighted by molar-refractivity contribution is 6.46. The number of carbonyl (C=O) groups excluding carboxylic acids is 4. The number of nitrogens with two attached hydrogens (primary N) is 2. The maximum Gasteiger partial charge on any atom is 0.354 e. The van der Waals surface area contributed by atoms with Gasteiger partial charge in [-0.1, -0.05) is 35.5 Å². The Hall–Kier alpha value is -5.31. The van der Waals surface area contributed by atoms with Crippen LogP contribution < -0.4 is 22.1 Å². The van der Waals surface area contributed by atoms with E-state index in [2.05, 4.69) is 20.8 Å². The molecule has 4 rings (SSSR count). The van der Waals surface area contributed by atoms with Gasteiger partial charge in [-0.2, -0.15) is 0 Å². The highest BCUT2D eigenvalue weighted by Gasteiger charge is 2.38. The van der Waals surface area contributed by atoms with Crippen LogP contribution in [0, 0.1) is 0 Å². The molecular formula is C28H31N7O8. The van der Waals surface area contributed by atoms with E-state index < -0.39 is 48.0 Å². The van der Waals surface area contributed by atoms with E-state index in [1.165, 1.54) is 29.2 Å². The molecule has 0 aliphatic carbocycles. The molecule has 2 heterocycles. The summed E-state index contributed by atoms with van der Waals surface area (Å²) in [6, 6.07) is 11.7. The van der Waals surface area contributed by atoms with Crippen LogP contribution in [0.4, 0.5) is 5.69 Å². The Morgan fingerprint density at radius 3 is 2.21 bits per heavy atom. The molecule has 2 aliphatic rings. The Kier molecular flexibility index (Phi) is 9.35. The molecule has 0 aromatic heterocycles. The molecule has 2 aliphatic heterocycles. The van der Waals surface area contributed by atoms with Gasteiger partial charge in [-0.25, -0.2) is 9.79 Å². The number of carboxylic acid groups (broad SMARTS) is 1. The smallest absolute Gasteiger partial charge is 0.354 e. The monoisotopic (exact) mass is 593 g/mol. The number of ether oxygens (including phenoxy) is 1. The highest BCUT2D eigenvalue weighted by Crippen LogP contribution is 2.35. The van der Waals surface area contributed by atoms with Crippen molar-refractivity contribution in [3.63, 3.8) is 0 Å². The number of likely N-dealkylation sites (tertiary alicyclic amines) is 1. The van der Waals surface area contributed by atoms with Gasteiger partial charge in [0.25, 0.3) is 11.8 Å². The molecule has 4 amide bonds. The van der Waals surface area contributed by atoms with Crippen molar-refractivity contribution in [2.45, 2.75) is 44.1 Å². The zero-order valence-electron chi connectivity index (χ0n) is 23.1. The molecule has 226 valence electrons. The molecule has 0 spiro atoms. The molecule has 2 aromatic rings. The third kappa shape index (κ3) is 6.95. The highest BCUT2D eigenvalue weighted by atomic mass is 16.5. The van der Waals surface area contributed by atoms with Gasteiger partial charge < -0.3 is 42.1 Å². The first-order valence-corrected chi connectivity index (χ1v) is 13.3. The van der Waals surface area contributed by atoms with Crippen LogP contribution in [0.5, 0.6) is 0 Å². The molecule has 2 aromatic carbocycles. The molecule has 8 N–H and O–H groups in total. The van der Waals surface area contributed by atoms with E-state index in [1.54, 1.807) is 31.2 Å². The fraction of sp³-hybridized carbons (Fsp3) is 0.321. The standard InChI is InChI=1S/C28H31N7O8/c1-14(31-24(37)16-8-6-15(7-9-16)22(29)34-42)27(39)35-12-10-17(11-13-35)43-26(28(40)41)33-25(38)21-20(23(30)36)18-4-2-3-5-19(18)32-21/h2-9,14,17,20,26,42H,10-13H2,1H3,(H2,29,34)(H2,30,36)(H,31,37)(H,33,38)(H,40,41). The average Bonchev–Trinajstić information content (AvgIpc) is 3.40. The number of amidine groups is 1. The molecule has 3 unspecified atom stereocenters. The third-order valence-electron chi connectivity index (χ3n) is 7.12. The van der Waals surface area contributed by atoms with Crippen LogP contribution in [0.2, 0.25) is 0 Å². The lowest BCUT2D eigenvalue weighted by Crippen LogP contribution is -2.52. The summed E-state index contributed by atoms with van der Waals surface area (Å²) >= 11 is 0. The van der Waals surface area contributed by atoms with Crippen molar-refractivity contribution >= 4 is 46.8 Å². The number of carboxylic acids is 1. The molecule has 0 saturated carbocycles. The van der Waals surface area contributed by atoms with Crippen LogP contribution >= 0.6 is 0 Å². The van der Waals surface area contributed by atoms with Gasteiger partial charge in [0.15, 0.2) is 5.84 Å². The quantitative estimate of drug-likeness (QED) is 0.0701. The van der Waals surface area contributed by atoms with Crippen molar-refractivity contribution < 1.29 is 39.0 Å². The summed E-state index contributed by atoms with van der Waals surface area (Å²) in [5.41, 5.74) is 12.3. The predicted octanol–water partition coefficient (Wildman–Crippen LogP) is -0.211. The summed E-state index contributed by atoms with van der Waals surface area (Å²) in [5.74, 6) is -5.20. The Balaban J connectivity index is 1.29. The normalized spacial score (nSPS) is 18.2. The molecule has 1 fully saturated rings. The van der Waals surface area contributed by atoms with E-state index in [4.69, 9.17) is 21.4 Å². The van der Waals surface area contributed by atoms with E-state index in [0.29, 0.717) is 16.8 Å². The second-order valence-corrected chi connectivity index (χ2v) is 10.0. The summed E-state index contributed by atoms with van der Waals surface area (Å²) in [4.78, 5) is 68.2. The second-order valence-electron chi connectivity index (χ2n) is 10.0. The number of benzene rings is 2. The zero-order valence-corrected chi connectivity index (χ0v) is 23.1. The van der Waals surface area contributed by atoms with Crippen molar-refractivity contribution in [3.05, 3.63) is 65.2 Å². The SMILES string of the molecule is CC(NC(=O)c1ccc(/C(N)=N/O)cc1)C(=O)N1CCC(OC(NC(=O)C2=Nc3ccccc3C2C(N)=O)C(=O)O)CC1. The van der Waals surface area contributed by atoms with Gasteiger partial charge >= 0.3 is 5.97 Å². The molecule has 43 heavy (non-hydrogen) atoms. The predicted molar refractivity (Wildman–Crippen MR) is 152 cm³/mol. The number of nitrogens with zero attached hydrogens (tertiary/aromatic N) is 3. The average molecular weight is 594 g/mol. The summed E-state index contributed by atoms with van der Waals surface area (Å²) in [6.07, 6.45) is -1.78. The minimum absolute atomic E-state index is 0.106. The van der Waals surface area contributed by atoms with E-state index in [0.717, 1.165) is 0 Å². The molecule has 1 saturated heterocycles. The Morgan fingerprint density at radius 2 is 1.60 bits per heavy atom. The van der Waals surface area contributed by atoms with E-state index in [1.807, 2.05) is 0 Å². The first kappa shape index (κ1) is 30.6. The number of hydrogen-bond donors (Lipinski definition) is 6. The summed E-state index contributed by atoms with van der Waals surface area (Å²) < 4.78 is 5.66. The molecule has 15 heteroatoms. The Bertz CT molecular complexity index is 1480. The lowest BCUT2D eigenvalue weighted by molar-refractivity contribution is -0.162. The third-order valence-corrected chi connectivity index (χ3v) is 7.12. The van der Waals surface area contributed by atoms with Crippen LogP contribution in [0.1, 0.15) is 47.2 Å². The van der Waals surface area contributed by atoms with E-state index in [9.17, 15) is 29.1 Å². The van der Waals surface area contributed by atoms with E-state index in [-0.39, 0.29) is 48.9 Å². The Labute approximate surface area is 245 Å². The maximum absolute atomic E-state index is 13.0. The topological polar surface area (TPSA) is 239 Å². The number of carbonyl (C=O) groups is 5. The van der Waals surface area contributed by atoms with Crippen LogP contribution in [0.25, 0.3) is 0 Å². The molecular weight excluding hydrogens is 562 g/mol. The van der Waals surface area contributed by atoms with Crippen molar-refractivity contribution in [2.24, 2.45) is 21.6 Å². The number of nitrogens with one attached hydrogen (secondary N) is 2. The first-order valence-electron chi connectivity index (χ1n) is 13.3. The number of primary amides is 1. The number of rotatable bonds is 10. The number of aliphatic carboxylic acids is 1. The number of oxime groups is 1. The van der Waals surface area contributed by atoms with Crippen LogP contribution in [-0.4, -0.2) is 87.8 Å². The number of para-hydroxylation sites is 1. The molecule has 3 atom stereocenters. The zero-order chi connectivity index (χ0) is 31.3. The number of aliphatic imine (C=N–C) groups is 1. The largest absolute Gasteiger partial charge is 0.478 e. The van der Waals surface area contributed by atoms with Crippen molar-refractivity contribution in [3.8, 4) is 0 Å².